The molecule has 1 saturated heterocycles. The summed E-state index contributed by atoms with van der Waals surface area (Å²) in [4.78, 5) is 12.3. The molecular formula is C28H39BN6O3S. The Kier molecular flexibility index (Phi) is 9.34. The molecule has 1 aliphatic carbocycles. The SMILES string of the molecule is Bc1ccc(S(=O)(=O)NC[C@H]2CC[C@H](CNc3nc(NCCN4CCOCC4)c4ccccc4n3)CC2)cc1. The summed E-state index contributed by atoms with van der Waals surface area (Å²) in [7, 11) is -1.51. The van der Waals surface area contributed by atoms with Crippen molar-refractivity contribution in [2.75, 3.05) is 63.1 Å². The number of rotatable bonds is 11. The van der Waals surface area contributed by atoms with E-state index in [0.29, 0.717) is 29.2 Å². The van der Waals surface area contributed by atoms with Crippen LogP contribution in [-0.2, 0) is 14.8 Å². The van der Waals surface area contributed by atoms with E-state index in [0.717, 1.165) is 93.8 Å². The van der Waals surface area contributed by atoms with Gasteiger partial charge in [0, 0.05) is 44.7 Å². The van der Waals surface area contributed by atoms with Crippen molar-refractivity contribution in [3.05, 3.63) is 48.5 Å². The lowest BCUT2D eigenvalue weighted by molar-refractivity contribution is 0.0398. The Morgan fingerprint density at radius 2 is 1.59 bits per heavy atom. The summed E-state index contributed by atoms with van der Waals surface area (Å²) >= 11 is 0. The lowest BCUT2D eigenvalue weighted by Gasteiger charge is -2.28. The third-order valence-electron chi connectivity index (χ3n) is 7.84. The molecular weight excluding hydrogens is 511 g/mol. The fourth-order valence-corrected chi connectivity index (χ4v) is 6.47. The monoisotopic (exact) mass is 550 g/mol. The zero-order valence-electron chi connectivity index (χ0n) is 22.7. The highest BCUT2D eigenvalue weighted by Crippen LogP contribution is 2.29. The molecule has 2 heterocycles. The number of hydrogen-bond acceptors (Lipinski definition) is 8. The summed E-state index contributed by atoms with van der Waals surface area (Å²) in [6.45, 7) is 6.62. The molecule has 1 saturated carbocycles. The van der Waals surface area contributed by atoms with Crippen LogP contribution in [0.3, 0.4) is 0 Å². The first-order valence-corrected chi connectivity index (χ1v) is 15.6. The molecule has 39 heavy (non-hydrogen) atoms. The molecule has 1 aromatic heterocycles. The molecule has 1 aliphatic heterocycles. The van der Waals surface area contributed by atoms with Gasteiger partial charge in [-0.2, -0.15) is 4.98 Å². The quantitative estimate of drug-likeness (QED) is 0.311. The molecule has 0 radical (unpaired) electrons. The Hall–Kier alpha value is -2.73. The van der Waals surface area contributed by atoms with Gasteiger partial charge in [0.1, 0.15) is 13.7 Å². The molecule has 0 atom stereocenters. The minimum atomic E-state index is -3.46. The lowest BCUT2D eigenvalue weighted by Crippen LogP contribution is -2.39. The maximum Gasteiger partial charge on any atom is 0.240 e. The van der Waals surface area contributed by atoms with Gasteiger partial charge in [0.2, 0.25) is 16.0 Å². The zero-order valence-corrected chi connectivity index (χ0v) is 23.5. The molecule has 208 valence electrons. The van der Waals surface area contributed by atoms with Crippen LogP contribution in [0.25, 0.3) is 10.9 Å². The first kappa shape index (κ1) is 27.8. The number of ether oxygens (including phenoxy) is 1. The van der Waals surface area contributed by atoms with E-state index in [-0.39, 0.29) is 0 Å². The van der Waals surface area contributed by atoms with E-state index in [4.69, 9.17) is 14.7 Å². The van der Waals surface area contributed by atoms with Gasteiger partial charge >= 0.3 is 0 Å². The highest BCUT2D eigenvalue weighted by atomic mass is 32.2. The fraction of sp³-hybridized carbons (Fsp3) is 0.500. The molecule has 3 N–H and O–H groups in total. The van der Waals surface area contributed by atoms with Gasteiger partial charge in [-0.15, -0.1) is 0 Å². The van der Waals surface area contributed by atoms with E-state index < -0.39 is 10.0 Å². The highest BCUT2D eigenvalue weighted by molar-refractivity contribution is 7.89. The molecule has 2 aliphatic rings. The van der Waals surface area contributed by atoms with Crippen LogP contribution >= 0.6 is 0 Å². The first-order chi connectivity index (χ1) is 19.0. The summed E-state index contributed by atoms with van der Waals surface area (Å²) in [5, 5.41) is 8.04. The van der Waals surface area contributed by atoms with Crippen molar-refractivity contribution in [2.45, 2.75) is 30.6 Å². The molecule has 5 rings (SSSR count). The Bertz CT molecular complexity index is 1330. The number of nitrogens with zero attached hydrogens (tertiary/aromatic N) is 3. The van der Waals surface area contributed by atoms with Crippen molar-refractivity contribution in [3.63, 3.8) is 0 Å². The maximum absolute atomic E-state index is 12.6. The summed E-state index contributed by atoms with van der Waals surface area (Å²) in [5.41, 5.74) is 1.97. The van der Waals surface area contributed by atoms with Crippen molar-refractivity contribution >= 4 is 46.0 Å². The second-order valence-electron chi connectivity index (χ2n) is 10.7. The van der Waals surface area contributed by atoms with Crippen LogP contribution in [0.15, 0.2) is 53.4 Å². The number of aromatic nitrogens is 2. The van der Waals surface area contributed by atoms with Crippen molar-refractivity contribution in [2.24, 2.45) is 11.8 Å². The standard InChI is InChI=1S/C28H39BN6O3S/c29-23-9-11-24(12-10-23)39(36,37)32-20-22-7-5-21(6-8-22)19-31-28-33-26-4-2-1-3-25(26)27(34-28)30-13-14-35-15-17-38-18-16-35/h1-4,9-12,21-22,32H,5-8,13-20,29H2,(H2,30,31,33,34)/t21-,22-. The van der Waals surface area contributed by atoms with E-state index in [9.17, 15) is 8.42 Å². The second kappa shape index (κ2) is 13.1. The van der Waals surface area contributed by atoms with Gasteiger partial charge < -0.3 is 15.4 Å². The van der Waals surface area contributed by atoms with Gasteiger partial charge in [-0.05, 0) is 61.8 Å². The second-order valence-corrected chi connectivity index (χ2v) is 12.5. The van der Waals surface area contributed by atoms with Gasteiger partial charge in [-0.3, -0.25) is 4.90 Å². The maximum atomic E-state index is 12.6. The van der Waals surface area contributed by atoms with Gasteiger partial charge in [0.05, 0.1) is 23.6 Å². The summed E-state index contributed by atoms with van der Waals surface area (Å²) in [6, 6.07) is 15.1. The number of anilines is 2. The van der Waals surface area contributed by atoms with Crippen LogP contribution in [0, 0.1) is 11.8 Å². The fourth-order valence-electron chi connectivity index (χ4n) is 5.35. The smallest absolute Gasteiger partial charge is 0.240 e. The van der Waals surface area contributed by atoms with Crippen LogP contribution in [0.5, 0.6) is 0 Å². The van der Waals surface area contributed by atoms with Crippen molar-refractivity contribution < 1.29 is 13.2 Å². The van der Waals surface area contributed by atoms with Crippen LogP contribution in [0.4, 0.5) is 11.8 Å². The van der Waals surface area contributed by atoms with Crippen LogP contribution in [0.2, 0.25) is 0 Å². The Morgan fingerprint density at radius 1 is 0.897 bits per heavy atom. The van der Waals surface area contributed by atoms with Crippen molar-refractivity contribution in [1.82, 2.24) is 19.6 Å². The molecule has 0 amide bonds. The highest BCUT2D eigenvalue weighted by Gasteiger charge is 2.23. The minimum Gasteiger partial charge on any atom is -0.379 e. The number of para-hydroxylation sites is 1. The lowest BCUT2D eigenvalue weighted by atomic mass is 9.82. The van der Waals surface area contributed by atoms with Gasteiger partial charge in [0.25, 0.3) is 0 Å². The molecule has 11 heteroatoms. The third-order valence-corrected chi connectivity index (χ3v) is 9.28. The number of nitrogens with one attached hydrogen (secondary N) is 3. The Balaban J connectivity index is 1.10. The Labute approximate surface area is 232 Å². The molecule has 0 unspecified atom stereocenters. The van der Waals surface area contributed by atoms with Crippen molar-refractivity contribution in [3.8, 4) is 0 Å². The number of morpholine rings is 1. The third kappa shape index (κ3) is 7.69. The van der Waals surface area contributed by atoms with Gasteiger partial charge in [-0.1, -0.05) is 29.7 Å². The topological polar surface area (TPSA) is 108 Å². The van der Waals surface area contributed by atoms with Crippen LogP contribution in [-0.4, -0.2) is 83.6 Å². The van der Waals surface area contributed by atoms with E-state index in [2.05, 4.69) is 26.3 Å². The number of hydrogen-bond donors (Lipinski definition) is 3. The predicted molar refractivity (Wildman–Crippen MR) is 159 cm³/mol. The first-order valence-electron chi connectivity index (χ1n) is 14.1. The van der Waals surface area contributed by atoms with Crippen LogP contribution < -0.4 is 20.8 Å². The Morgan fingerprint density at radius 3 is 2.33 bits per heavy atom. The summed E-state index contributed by atoms with van der Waals surface area (Å²) < 4.78 is 33.5. The normalized spacial score (nSPS) is 20.6. The van der Waals surface area contributed by atoms with E-state index in [1.165, 1.54) is 0 Å². The van der Waals surface area contributed by atoms with E-state index >= 15 is 0 Å². The average molecular weight is 551 g/mol. The van der Waals surface area contributed by atoms with E-state index in [1.807, 2.05) is 38.2 Å². The predicted octanol–water partition coefficient (Wildman–Crippen LogP) is 1.83. The van der Waals surface area contributed by atoms with Crippen LogP contribution in [0.1, 0.15) is 25.7 Å². The largest absolute Gasteiger partial charge is 0.379 e. The summed E-state index contributed by atoms with van der Waals surface area (Å²) in [5.74, 6) is 2.39. The minimum absolute atomic E-state index is 0.330. The molecule has 9 nitrogen and oxygen atoms in total. The van der Waals surface area contributed by atoms with Gasteiger partial charge in [0.15, 0.2) is 0 Å². The molecule has 0 bridgehead atoms. The number of sulfonamides is 1. The summed E-state index contributed by atoms with van der Waals surface area (Å²) in [6.07, 6.45) is 4.13. The van der Waals surface area contributed by atoms with Crippen molar-refractivity contribution in [1.29, 1.82) is 0 Å². The molecule has 2 aromatic carbocycles. The molecule has 0 spiro atoms. The molecule has 3 aromatic rings. The number of fused-ring (bicyclic) bond motifs is 1. The van der Waals surface area contributed by atoms with E-state index in [1.54, 1.807) is 12.1 Å². The number of benzene rings is 2. The van der Waals surface area contributed by atoms with Gasteiger partial charge in [-0.25, -0.2) is 18.1 Å². The molecule has 2 fully saturated rings. The zero-order chi connectivity index (χ0) is 27.1. The average Bonchev–Trinajstić information content (AvgIpc) is 2.96.